The fourth-order valence-corrected chi connectivity index (χ4v) is 4.09. The molecule has 2 aromatic rings. The first-order chi connectivity index (χ1) is 10.2. The Morgan fingerprint density at radius 2 is 2.10 bits per heavy atom. The van der Waals surface area contributed by atoms with Crippen LogP contribution in [0.3, 0.4) is 0 Å². The number of benzene rings is 2. The van der Waals surface area contributed by atoms with Gasteiger partial charge in [-0.3, -0.25) is 0 Å². The van der Waals surface area contributed by atoms with Crippen molar-refractivity contribution in [2.24, 2.45) is 0 Å². The van der Waals surface area contributed by atoms with E-state index in [1.807, 2.05) is 23.9 Å². The minimum atomic E-state index is -0.979. The second-order valence-electron chi connectivity index (χ2n) is 4.78. The van der Waals surface area contributed by atoms with Crippen LogP contribution < -0.4 is 4.74 Å². The SMILES string of the molecule is O=C(O)c1cccc(Br)c1OCC1CSc2ccccc21. The van der Waals surface area contributed by atoms with Gasteiger partial charge in [0.05, 0.1) is 11.1 Å². The van der Waals surface area contributed by atoms with Crippen LogP contribution in [-0.4, -0.2) is 23.4 Å². The van der Waals surface area contributed by atoms with Crippen molar-refractivity contribution in [3.8, 4) is 5.75 Å². The predicted molar refractivity (Wildman–Crippen MR) is 86.5 cm³/mol. The van der Waals surface area contributed by atoms with Crippen LogP contribution in [0.5, 0.6) is 5.75 Å². The standard InChI is InChI=1S/C16H13BrO3S/c17-13-6-3-5-12(16(18)19)15(13)20-8-10-9-21-14-7-2-1-4-11(10)14/h1-7,10H,8-9H2,(H,18,19). The van der Waals surface area contributed by atoms with Gasteiger partial charge in [0.1, 0.15) is 11.3 Å². The molecule has 5 heteroatoms. The van der Waals surface area contributed by atoms with E-state index in [1.54, 1.807) is 18.2 Å². The summed E-state index contributed by atoms with van der Waals surface area (Å²) in [5.74, 6) is 0.679. The van der Waals surface area contributed by atoms with Crippen molar-refractivity contribution < 1.29 is 14.6 Å². The summed E-state index contributed by atoms with van der Waals surface area (Å²) in [4.78, 5) is 12.6. The van der Waals surface area contributed by atoms with E-state index in [2.05, 4.69) is 28.1 Å². The van der Waals surface area contributed by atoms with Crippen LogP contribution in [0.15, 0.2) is 51.8 Å². The second-order valence-corrected chi connectivity index (χ2v) is 6.69. The highest BCUT2D eigenvalue weighted by molar-refractivity contribution is 9.10. The Hall–Kier alpha value is -1.46. The molecule has 0 amide bonds. The molecule has 1 atom stereocenters. The lowest BCUT2D eigenvalue weighted by Crippen LogP contribution is -2.12. The van der Waals surface area contributed by atoms with E-state index in [0.29, 0.717) is 22.7 Å². The van der Waals surface area contributed by atoms with Gasteiger partial charge < -0.3 is 9.84 Å². The molecular weight excluding hydrogens is 352 g/mol. The summed E-state index contributed by atoms with van der Waals surface area (Å²) in [6.07, 6.45) is 0. The maximum atomic E-state index is 11.3. The van der Waals surface area contributed by atoms with E-state index in [0.717, 1.165) is 5.75 Å². The van der Waals surface area contributed by atoms with Gasteiger partial charge in [-0.2, -0.15) is 0 Å². The van der Waals surface area contributed by atoms with Crippen molar-refractivity contribution in [1.29, 1.82) is 0 Å². The van der Waals surface area contributed by atoms with Crippen molar-refractivity contribution in [1.82, 2.24) is 0 Å². The quantitative estimate of drug-likeness (QED) is 0.872. The van der Waals surface area contributed by atoms with Crippen LogP contribution in [0.4, 0.5) is 0 Å². The van der Waals surface area contributed by atoms with Gasteiger partial charge in [-0.15, -0.1) is 11.8 Å². The number of fused-ring (bicyclic) bond motifs is 1. The van der Waals surface area contributed by atoms with Gasteiger partial charge in [0.15, 0.2) is 0 Å². The molecule has 3 nitrogen and oxygen atoms in total. The average Bonchev–Trinajstić information content (AvgIpc) is 2.89. The van der Waals surface area contributed by atoms with Crippen LogP contribution >= 0.6 is 27.7 Å². The topological polar surface area (TPSA) is 46.5 Å². The molecule has 0 saturated carbocycles. The highest BCUT2D eigenvalue weighted by atomic mass is 79.9. The second kappa shape index (κ2) is 6.12. The Balaban J connectivity index is 1.79. The number of hydrogen-bond acceptors (Lipinski definition) is 3. The Morgan fingerprint density at radius 1 is 1.29 bits per heavy atom. The number of ether oxygens (including phenoxy) is 1. The summed E-state index contributed by atoms with van der Waals surface area (Å²) in [7, 11) is 0. The average molecular weight is 365 g/mol. The van der Waals surface area contributed by atoms with Crippen LogP contribution in [0.25, 0.3) is 0 Å². The molecule has 0 bridgehead atoms. The van der Waals surface area contributed by atoms with Crippen LogP contribution in [0.1, 0.15) is 21.8 Å². The van der Waals surface area contributed by atoms with Crippen molar-refractivity contribution in [2.45, 2.75) is 10.8 Å². The van der Waals surface area contributed by atoms with Crippen molar-refractivity contribution in [2.75, 3.05) is 12.4 Å². The first-order valence-electron chi connectivity index (χ1n) is 6.53. The zero-order valence-corrected chi connectivity index (χ0v) is 13.5. The molecule has 0 radical (unpaired) electrons. The maximum absolute atomic E-state index is 11.3. The number of carboxylic acid groups (broad SMARTS) is 1. The molecule has 0 saturated heterocycles. The molecule has 1 heterocycles. The fraction of sp³-hybridized carbons (Fsp3) is 0.188. The molecule has 3 rings (SSSR count). The lowest BCUT2D eigenvalue weighted by Gasteiger charge is -2.15. The van der Waals surface area contributed by atoms with Gasteiger partial charge in [-0.05, 0) is 39.7 Å². The van der Waals surface area contributed by atoms with Gasteiger partial charge in [0.2, 0.25) is 0 Å². The molecule has 1 aliphatic rings. The summed E-state index contributed by atoms with van der Waals surface area (Å²) in [5.41, 5.74) is 1.47. The van der Waals surface area contributed by atoms with Gasteiger partial charge in [-0.1, -0.05) is 24.3 Å². The van der Waals surface area contributed by atoms with Gasteiger partial charge >= 0.3 is 5.97 Å². The number of para-hydroxylation sites is 1. The summed E-state index contributed by atoms with van der Waals surface area (Å²) in [5, 5.41) is 9.23. The van der Waals surface area contributed by atoms with Gasteiger partial charge in [-0.25, -0.2) is 4.79 Å². The predicted octanol–water partition coefficient (Wildman–Crippen LogP) is 4.42. The number of carboxylic acids is 1. The third kappa shape index (κ3) is 2.94. The van der Waals surface area contributed by atoms with Crippen LogP contribution in [-0.2, 0) is 0 Å². The normalized spacial score (nSPS) is 16.5. The first kappa shape index (κ1) is 14.5. The summed E-state index contributed by atoms with van der Waals surface area (Å²) < 4.78 is 6.50. The monoisotopic (exact) mass is 364 g/mol. The largest absolute Gasteiger partial charge is 0.491 e. The number of aromatic carboxylic acids is 1. The van der Waals surface area contributed by atoms with Crippen LogP contribution in [0, 0.1) is 0 Å². The highest BCUT2D eigenvalue weighted by Crippen LogP contribution is 2.40. The van der Waals surface area contributed by atoms with E-state index >= 15 is 0 Å². The lowest BCUT2D eigenvalue weighted by molar-refractivity contribution is 0.0692. The number of carbonyl (C=O) groups is 1. The third-order valence-corrected chi connectivity index (χ3v) is 5.30. The minimum absolute atomic E-state index is 0.184. The molecule has 0 aliphatic carbocycles. The molecule has 21 heavy (non-hydrogen) atoms. The molecular formula is C16H13BrO3S. The lowest BCUT2D eigenvalue weighted by atomic mass is 10.0. The zero-order valence-electron chi connectivity index (χ0n) is 11.1. The molecule has 0 fully saturated rings. The smallest absolute Gasteiger partial charge is 0.339 e. The summed E-state index contributed by atoms with van der Waals surface area (Å²) in [6.45, 7) is 0.479. The molecule has 1 N–H and O–H groups in total. The number of hydrogen-bond donors (Lipinski definition) is 1. The van der Waals surface area contributed by atoms with E-state index in [1.165, 1.54) is 10.5 Å². The molecule has 0 aromatic heterocycles. The molecule has 108 valence electrons. The van der Waals surface area contributed by atoms with Crippen molar-refractivity contribution >= 4 is 33.7 Å². The number of rotatable bonds is 4. The minimum Gasteiger partial charge on any atom is -0.491 e. The van der Waals surface area contributed by atoms with E-state index in [9.17, 15) is 9.90 Å². The highest BCUT2D eigenvalue weighted by Gasteiger charge is 2.24. The van der Waals surface area contributed by atoms with E-state index in [4.69, 9.17) is 4.74 Å². The fourth-order valence-electron chi connectivity index (χ4n) is 2.38. The molecule has 1 unspecified atom stereocenters. The van der Waals surface area contributed by atoms with Gasteiger partial charge in [0.25, 0.3) is 0 Å². The molecule has 1 aliphatic heterocycles. The summed E-state index contributed by atoms with van der Waals surface area (Å²) >= 11 is 5.18. The van der Waals surface area contributed by atoms with Crippen LogP contribution in [0.2, 0.25) is 0 Å². The Morgan fingerprint density at radius 3 is 2.90 bits per heavy atom. The van der Waals surface area contributed by atoms with Crippen molar-refractivity contribution in [3.63, 3.8) is 0 Å². The van der Waals surface area contributed by atoms with E-state index in [-0.39, 0.29) is 5.56 Å². The van der Waals surface area contributed by atoms with E-state index < -0.39 is 5.97 Å². The number of halogens is 1. The molecule has 2 aromatic carbocycles. The Kier molecular flexibility index (Phi) is 4.22. The maximum Gasteiger partial charge on any atom is 0.339 e. The third-order valence-electron chi connectivity index (χ3n) is 3.43. The number of thioether (sulfide) groups is 1. The first-order valence-corrected chi connectivity index (χ1v) is 8.31. The summed E-state index contributed by atoms with van der Waals surface area (Å²) in [6, 6.07) is 13.3. The Labute approximate surface area is 135 Å². The zero-order chi connectivity index (χ0) is 14.8. The van der Waals surface area contributed by atoms with Gasteiger partial charge in [0, 0.05) is 16.6 Å². The molecule has 0 spiro atoms. The Bertz CT molecular complexity index is 687. The van der Waals surface area contributed by atoms with Crippen molar-refractivity contribution in [3.05, 3.63) is 58.1 Å².